The molecular weight excluding hydrogens is 266 g/mol. The van der Waals surface area contributed by atoms with Gasteiger partial charge in [-0.1, -0.05) is 24.3 Å². The molecule has 0 amide bonds. The molecule has 4 heteroatoms. The zero-order valence-corrected chi connectivity index (χ0v) is 12.0. The molecule has 0 fully saturated rings. The van der Waals surface area contributed by atoms with E-state index in [0.29, 0.717) is 0 Å². The van der Waals surface area contributed by atoms with Gasteiger partial charge < -0.3 is 5.32 Å². The average Bonchev–Trinajstić information content (AvgIpc) is 3.17. The average molecular weight is 283 g/mol. The Balaban J connectivity index is 1.60. The Morgan fingerprint density at radius 3 is 2.85 bits per heavy atom. The second-order valence-corrected chi connectivity index (χ2v) is 5.62. The van der Waals surface area contributed by atoms with Crippen LogP contribution < -0.4 is 5.32 Å². The topological polar surface area (TPSA) is 29.9 Å². The molecule has 0 saturated carbocycles. The fraction of sp³-hybridized carbons (Fsp3) is 0.188. The van der Waals surface area contributed by atoms with Crippen LogP contribution in [0.1, 0.15) is 10.4 Å². The highest BCUT2D eigenvalue weighted by Gasteiger charge is 2.03. The highest BCUT2D eigenvalue weighted by Crippen LogP contribution is 2.13. The number of benzene rings is 1. The molecule has 102 valence electrons. The van der Waals surface area contributed by atoms with Gasteiger partial charge in [0.2, 0.25) is 0 Å². The molecular formula is C16H17N3S. The SMILES string of the molecule is c1csc(CCNCc2ccccc2-n2cccn2)c1. The highest BCUT2D eigenvalue weighted by atomic mass is 32.1. The first-order valence-corrected chi connectivity index (χ1v) is 7.62. The van der Waals surface area contributed by atoms with Gasteiger partial charge >= 0.3 is 0 Å². The van der Waals surface area contributed by atoms with Crippen LogP contribution in [0.15, 0.2) is 60.2 Å². The molecule has 20 heavy (non-hydrogen) atoms. The van der Waals surface area contributed by atoms with Gasteiger partial charge in [0.05, 0.1) is 5.69 Å². The van der Waals surface area contributed by atoms with E-state index in [0.717, 1.165) is 25.2 Å². The van der Waals surface area contributed by atoms with Crippen LogP contribution in [0.3, 0.4) is 0 Å². The lowest BCUT2D eigenvalue weighted by atomic mass is 10.1. The van der Waals surface area contributed by atoms with Crippen LogP contribution in [0, 0.1) is 0 Å². The quantitative estimate of drug-likeness (QED) is 0.704. The van der Waals surface area contributed by atoms with E-state index in [9.17, 15) is 0 Å². The Labute approximate surface area is 122 Å². The van der Waals surface area contributed by atoms with Gasteiger partial charge in [-0.15, -0.1) is 11.3 Å². The predicted octanol–water partition coefficient (Wildman–Crippen LogP) is 3.27. The summed E-state index contributed by atoms with van der Waals surface area (Å²) in [6, 6.07) is 14.6. The smallest absolute Gasteiger partial charge is 0.0690 e. The number of thiophene rings is 1. The van der Waals surface area contributed by atoms with Crippen molar-refractivity contribution >= 4 is 11.3 Å². The third-order valence-electron chi connectivity index (χ3n) is 3.19. The summed E-state index contributed by atoms with van der Waals surface area (Å²) in [7, 11) is 0. The van der Waals surface area contributed by atoms with Crippen LogP contribution in [0.2, 0.25) is 0 Å². The van der Waals surface area contributed by atoms with E-state index in [4.69, 9.17) is 0 Å². The lowest BCUT2D eigenvalue weighted by molar-refractivity contribution is 0.684. The monoisotopic (exact) mass is 283 g/mol. The van der Waals surface area contributed by atoms with Gasteiger partial charge in [0.1, 0.15) is 0 Å². The first-order valence-electron chi connectivity index (χ1n) is 6.74. The Kier molecular flexibility index (Phi) is 4.25. The van der Waals surface area contributed by atoms with Crippen LogP contribution in [0.4, 0.5) is 0 Å². The van der Waals surface area contributed by atoms with E-state index in [1.807, 2.05) is 34.3 Å². The van der Waals surface area contributed by atoms with Gasteiger partial charge in [0.25, 0.3) is 0 Å². The normalized spacial score (nSPS) is 10.8. The van der Waals surface area contributed by atoms with Gasteiger partial charge in [-0.05, 0) is 35.6 Å². The lowest BCUT2D eigenvalue weighted by Gasteiger charge is -2.10. The molecule has 1 aromatic carbocycles. The summed E-state index contributed by atoms with van der Waals surface area (Å²) in [5, 5.41) is 9.94. The number of hydrogen-bond acceptors (Lipinski definition) is 3. The molecule has 3 nitrogen and oxygen atoms in total. The Hall–Kier alpha value is -1.91. The summed E-state index contributed by atoms with van der Waals surface area (Å²) in [5.74, 6) is 0. The Morgan fingerprint density at radius 1 is 1.10 bits per heavy atom. The lowest BCUT2D eigenvalue weighted by Crippen LogP contribution is -2.17. The molecule has 0 aliphatic rings. The fourth-order valence-corrected chi connectivity index (χ4v) is 2.89. The van der Waals surface area contributed by atoms with Crippen LogP contribution in [0.5, 0.6) is 0 Å². The number of para-hydroxylation sites is 1. The highest BCUT2D eigenvalue weighted by molar-refractivity contribution is 7.09. The molecule has 0 radical (unpaired) electrons. The van der Waals surface area contributed by atoms with Crippen molar-refractivity contribution in [2.45, 2.75) is 13.0 Å². The number of nitrogens with zero attached hydrogens (tertiary/aromatic N) is 2. The molecule has 0 aliphatic heterocycles. The van der Waals surface area contributed by atoms with Crippen molar-refractivity contribution in [3.63, 3.8) is 0 Å². The Morgan fingerprint density at radius 2 is 2.05 bits per heavy atom. The summed E-state index contributed by atoms with van der Waals surface area (Å²) in [4.78, 5) is 1.43. The molecule has 0 spiro atoms. The largest absolute Gasteiger partial charge is 0.312 e. The van der Waals surface area contributed by atoms with E-state index in [2.05, 4.69) is 46.1 Å². The number of hydrogen-bond donors (Lipinski definition) is 1. The molecule has 3 rings (SSSR count). The summed E-state index contributed by atoms with van der Waals surface area (Å²) in [5.41, 5.74) is 2.41. The van der Waals surface area contributed by atoms with Crippen molar-refractivity contribution in [3.8, 4) is 5.69 Å². The van der Waals surface area contributed by atoms with Gasteiger partial charge in [0.15, 0.2) is 0 Å². The van der Waals surface area contributed by atoms with Gasteiger partial charge in [-0.2, -0.15) is 5.10 Å². The molecule has 3 aromatic rings. The molecule has 2 heterocycles. The number of aromatic nitrogens is 2. The fourth-order valence-electron chi connectivity index (χ4n) is 2.18. The number of nitrogens with one attached hydrogen (secondary N) is 1. The summed E-state index contributed by atoms with van der Waals surface area (Å²) >= 11 is 1.82. The maximum atomic E-state index is 4.31. The molecule has 0 aliphatic carbocycles. The van der Waals surface area contributed by atoms with Crippen molar-refractivity contribution in [1.29, 1.82) is 0 Å². The van der Waals surface area contributed by atoms with E-state index in [1.54, 1.807) is 6.20 Å². The molecule has 0 bridgehead atoms. The van der Waals surface area contributed by atoms with E-state index < -0.39 is 0 Å². The zero-order chi connectivity index (χ0) is 13.6. The predicted molar refractivity (Wildman–Crippen MR) is 83.3 cm³/mol. The van der Waals surface area contributed by atoms with Crippen LogP contribution in [0.25, 0.3) is 5.69 Å². The van der Waals surface area contributed by atoms with E-state index in [-0.39, 0.29) is 0 Å². The first kappa shape index (κ1) is 13.1. The van der Waals surface area contributed by atoms with Crippen molar-refractivity contribution < 1.29 is 0 Å². The minimum atomic E-state index is 0.863. The van der Waals surface area contributed by atoms with Crippen molar-refractivity contribution in [1.82, 2.24) is 15.1 Å². The summed E-state index contributed by atoms with van der Waals surface area (Å²) in [6.07, 6.45) is 4.87. The standard InChI is InChI=1S/C16H17N3S/c1-2-7-16(19-11-4-9-18-19)14(5-1)13-17-10-8-15-6-3-12-20-15/h1-7,9,11-12,17H,8,10,13H2. The van der Waals surface area contributed by atoms with E-state index in [1.165, 1.54) is 10.4 Å². The van der Waals surface area contributed by atoms with Gasteiger partial charge in [0, 0.05) is 30.4 Å². The molecule has 0 atom stereocenters. The second-order valence-electron chi connectivity index (χ2n) is 4.59. The summed E-state index contributed by atoms with van der Waals surface area (Å²) < 4.78 is 1.91. The molecule has 0 unspecified atom stereocenters. The van der Waals surface area contributed by atoms with Crippen molar-refractivity contribution in [3.05, 3.63) is 70.7 Å². The van der Waals surface area contributed by atoms with Crippen LogP contribution in [-0.4, -0.2) is 16.3 Å². The van der Waals surface area contributed by atoms with Crippen molar-refractivity contribution in [2.75, 3.05) is 6.54 Å². The van der Waals surface area contributed by atoms with Gasteiger partial charge in [-0.25, -0.2) is 4.68 Å². The maximum absolute atomic E-state index is 4.31. The minimum Gasteiger partial charge on any atom is -0.312 e. The zero-order valence-electron chi connectivity index (χ0n) is 11.2. The second kappa shape index (κ2) is 6.50. The maximum Gasteiger partial charge on any atom is 0.0690 e. The summed E-state index contributed by atoms with van der Waals surface area (Å²) in [6.45, 7) is 1.86. The molecule has 1 N–H and O–H groups in total. The number of rotatable bonds is 6. The third-order valence-corrected chi connectivity index (χ3v) is 4.12. The van der Waals surface area contributed by atoms with Gasteiger partial charge in [-0.3, -0.25) is 0 Å². The van der Waals surface area contributed by atoms with Crippen molar-refractivity contribution in [2.24, 2.45) is 0 Å². The van der Waals surface area contributed by atoms with E-state index >= 15 is 0 Å². The molecule has 0 saturated heterocycles. The Bertz CT molecular complexity index is 630. The first-order chi connectivity index (χ1) is 9.93. The third kappa shape index (κ3) is 3.15. The minimum absolute atomic E-state index is 0.863. The van der Waals surface area contributed by atoms with Crippen LogP contribution >= 0.6 is 11.3 Å². The molecule has 2 aromatic heterocycles. The van der Waals surface area contributed by atoms with Crippen LogP contribution in [-0.2, 0) is 13.0 Å².